The van der Waals surface area contributed by atoms with Gasteiger partial charge in [0.2, 0.25) is 0 Å². The quantitative estimate of drug-likeness (QED) is 0.0627. The van der Waals surface area contributed by atoms with Crippen molar-refractivity contribution in [2.24, 2.45) is 0 Å². The lowest BCUT2D eigenvalue weighted by Gasteiger charge is -2.28. The van der Waals surface area contributed by atoms with Crippen LogP contribution in [0, 0.1) is 0 Å². The molecule has 2 unspecified atom stereocenters. The second-order valence-electron chi connectivity index (χ2n) is 9.13. The SMILES string of the molecule is COCC[NH2+]CCOC.COCC[NH2+]CCOC.Nc1ncnc2c1ncn2[C@@H]1O[C@H](COP(=O)([O-])OP(=O)([O-])O)[C@@H](O)[C@H]1O. The van der Waals surface area contributed by atoms with E-state index >= 15 is 0 Å². The standard InChI is InChI=1S/C10H15N5O10P2.2C6H15NO2/c11-8-5-9(13-2-12-8)15(3-14-5)10-7(17)6(16)4(24-10)1-23-27(21,22)25-26(18,19)20;2*1-8-5-3-7-4-6-9-2/h2-4,6-7,10,16-17H,1H2,(H,21,22)(H2,11,12,13)(H2,18,19,20);2*7H,3-6H2,1-2H3/t4-,6-,7-,10-;;/m1../s1. The van der Waals surface area contributed by atoms with Gasteiger partial charge in [-0.1, -0.05) is 0 Å². The van der Waals surface area contributed by atoms with E-state index in [1.54, 1.807) is 28.4 Å². The first-order chi connectivity index (χ1) is 21.3. The van der Waals surface area contributed by atoms with Gasteiger partial charge < -0.3 is 69.5 Å². The van der Waals surface area contributed by atoms with E-state index in [1.807, 2.05) is 0 Å². The second kappa shape index (κ2) is 21.9. The number of aliphatic hydroxyl groups excluding tert-OH is 2. The van der Waals surface area contributed by atoms with E-state index in [9.17, 15) is 29.1 Å². The number of phosphoric acid groups is 2. The number of quaternary nitrogens is 2. The van der Waals surface area contributed by atoms with E-state index in [4.69, 9.17) is 34.3 Å². The lowest BCUT2D eigenvalue weighted by atomic mass is 10.1. The molecule has 262 valence electrons. The maximum absolute atomic E-state index is 11.3. The molecule has 3 rings (SSSR count). The third kappa shape index (κ3) is 16.1. The van der Waals surface area contributed by atoms with Gasteiger partial charge in [0.25, 0.3) is 15.6 Å². The number of nitrogens with zero attached hydrogens (tertiary/aromatic N) is 4. The molecular weight excluding hydrogens is 648 g/mol. The number of aromatic nitrogens is 4. The Morgan fingerprint density at radius 2 is 1.42 bits per heavy atom. The summed E-state index contributed by atoms with van der Waals surface area (Å²) in [5.41, 5.74) is 6.06. The molecule has 1 aliphatic rings. The predicted octanol–water partition coefficient (Wildman–Crippen LogP) is -5.32. The Morgan fingerprint density at radius 1 is 0.911 bits per heavy atom. The van der Waals surface area contributed by atoms with Gasteiger partial charge >= 0.3 is 0 Å². The third-order valence-corrected chi connectivity index (χ3v) is 7.79. The zero-order valence-corrected chi connectivity index (χ0v) is 27.4. The first-order valence-corrected chi connectivity index (χ1v) is 16.5. The molecule has 21 nitrogen and oxygen atoms in total. The summed E-state index contributed by atoms with van der Waals surface area (Å²) >= 11 is 0. The van der Waals surface area contributed by atoms with Crippen molar-refractivity contribution < 1.29 is 77.2 Å². The fraction of sp³-hybridized carbons (Fsp3) is 0.773. The van der Waals surface area contributed by atoms with Crippen molar-refractivity contribution in [3.05, 3.63) is 12.7 Å². The van der Waals surface area contributed by atoms with Crippen molar-refractivity contribution in [1.29, 1.82) is 0 Å². The number of imidazole rings is 1. The van der Waals surface area contributed by atoms with Gasteiger partial charge in [-0.3, -0.25) is 13.7 Å². The summed E-state index contributed by atoms with van der Waals surface area (Å²) in [6.45, 7) is 6.50. The van der Waals surface area contributed by atoms with E-state index in [2.05, 4.69) is 34.4 Å². The topological polar surface area (TPSA) is 308 Å². The van der Waals surface area contributed by atoms with Crippen LogP contribution in [0.15, 0.2) is 12.7 Å². The van der Waals surface area contributed by atoms with E-state index in [0.29, 0.717) is 0 Å². The Kier molecular flexibility index (Phi) is 20.1. The van der Waals surface area contributed by atoms with E-state index < -0.39 is 46.8 Å². The summed E-state index contributed by atoms with van der Waals surface area (Å²) in [7, 11) is -4.19. The molecule has 2 aromatic rings. The summed E-state index contributed by atoms with van der Waals surface area (Å²) in [6, 6.07) is 0. The first-order valence-electron chi connectivity index (χ1n) is 13.6. The van der Waals surface area contributed by atoms with Crippen LogP contribution in [0.1, 0.15) is 6.23 Å². The van der Waals surface area contributed by atoms with Crippen molar-refractivity contribution in [3.63, 3.8) is 0 Å². The number of anilines is 1. The van der Waals surface area contributed by atoms with Crippen LogP contribution < -0.4 is 26.2 Å². The molecule has 45 heavy (non-hydrogen) atoms. The van der Waals surface area contributed by atoms with Crippen molar-refractivity contribution >= 4 is 32.6 Å². The molecular formula is C22H45N7O14P2. The predicted molar refractivity (Wildman–Crippen MR) is 151 cm³/mol. The normalized spacial score (nSPS) is 22.2. The van der Waals surface area contributed by atoms with Crippen LogP contribution in [-0.4, -0.2) is 141 Å². The van der Waals surface area contributed by atoms with Crippen molar-refractivity contribution in [1.82, 2.24) is 19.5 Å². The van der Waals surface area contributed by atoms with E-state index in [0.717, 1.165) is 58.9 Å². The molecule has 3 heterocycles. The summed E-state index contributed by atoms with van der Waals surface area (Å²) in [5.74, 6) is 0.0714. The maximum atomic E-state index is 11.3. The molecule has 1 saturated heterocycles. The lowest BCUT2D eigenvalue weighted by molar-refractivity contribution is -0.657. The molecule has 0 aliphatic carbocycles. The molecule has 6 atom stereocenters. The fourth-order valence-electron chi connectivity index (χ4n) is 3.56. The number of methoxy groups -OCH3 is 4. The minimum absolute atomic E-state index is 0.0714. The van der Waals surface area contributed by atoms with Gasteiger partial charge in [-0.2, -0.15) is 0 Å². The van der Waals surface area contributed by atoms with Gasteiger partial charge in [0.1, 0.15) is 30.2 Å². The van der Waals surface area contributed by atoms with Gasteiger partial charge in [0, 0.05) is 28.4 Å². The summed E-state index contributed by atoms with van der Waals surface area (Å²) in [5, 5.41) is 24.6. The minimum Gasteiger partial charge on any atom is -0.756 e. The maximum Gasteiger partial charge on any atom is 0.274 e. The molecule has 1 fully saturated rings. The zero-order valence-electron chi connectivity index (χ0n) is 25.6. The first kappa shape index (κ1) is 41.3. The molecule has 0 saturated carbocycles. The largest absolute Gasteiger partial charge is 0.756 e. The number of aliphatic hydroxyl groups is 2. The molecule has 23 heteroatoms. The summed E-state index contributed by atoms with van der Waals surface area (Å²) in [4.78, 5) is 41.9. The molecule has 0 spiro atoms. The molecule has 9 N–H and O–H groups in total. The Balaban J connectivity index is 0.000000462. The number of hydrogen-bond donors (Lipinski definition) is 6. The van der Waals surface area contributed by atoms with Crippen LogP contribution in [-0.2, 0) is 41.6 Å². The van der Waals surface area contributed by atoms with Gasteiger partial charge in [0.05, 0.1) is 65.5 Å². The average Bonchev–Trinajstić information content (AvgIpc) is 3.53. The zero-order chi connectivity index (χ0) is 33.9. The van der Waals surface area contributed by atoms with Crippen molar-refractivity contribution in [2.45, 2.75) is 24.5 Å². The monoisotopic (exact) mass is 693 g/mol. The van der Waals surface area contributed by atoms with Crippen LogP contribution >= 0.6 is 15.6 Å². The molecule has 1 aliphatic heterocycles. The van der Waals surface area contributed by atoms with Crippen LogP contribution in [0.25, 0.3) is 11.2 Å². The smallest absolute Gasteiger partial charge is 0.274 e. The van der Waals surface area contributed by atoms with Gasteiger partial charge in [-0.25, -0.2) is 19.3 Å². The number of nitrogens with two attached hydrogens (primary N) is 3. The summed E-state index contributed by atoms with van der Waals surface area (Å²) in [6.07, 6.45) is -3.40. The highest BCUT2D eigenvalue weighted by Crippen LogP contribution is 2.52. The highest BCUT2D eigenvalue weighted by molar-refractivity contribution is 7.59. The number of nitrogen functional groups attached to an aromatic ring is 1. The van der Waals surface area contributed by atoms with Crippen LogP contribution in [0.5, 0.6) is 0 Å². The van der Waals surface area contributed by atoms with Crippen LogP contribution in [0.3, 0.4) is 0 Å². The van der Waals surface area contributed by atoms with Crippen molar-refractivity contribution in [2.75, 3.05) is 93.4 Å². The van der Waals surface area contributed by atoms with Crippen LogP contribution in [0.4, 0.5) is 5.82 Å². The molecule has 2 aromatic heterocycles. The van der Waals surface area contributed by atoms with E-state index in [1.165, 1.54) is 10.9 Å². The van der Waals surface area contributed by atoms with Gasteiger partial charge in [0.15, 0.2) is 17.7 Å². The third-order valence-electron chi connectivity index (χ3n) is 5.70. The van der Waals surface area contributed by atoms with Crippen molar-refractivity contribution in [3.8, 4) is 0 Å². The minimum atomic E-state index is -5.60. The molecule has 0 radical (unpaired) electrons. The van der Waals surface area contributed by atoms with Gasteiger partial charge in [-0.05, 0) is 0 Å². The number of fused-ring (bicyclic) bond motifs is 1. The Hall–Kier alpha value is -1.75. The Labute approximate surface area is 260 Å². The number of ether oxygens (including phenoxy) is 5. The molecule has 0 amide bonds. The van der Waals surface area contributed by atoms with Gasteiger partial charge in [-0.15, -0.1) is 0 Å². The highest BCUT2D eigenvalue weighted by atomic mass is 31.3. The number of hydrogen-bond acceptors (Lipinski definition) is 17. The fourth-order valence-corrected chi connectivity index (χ4v) is 5.09. The Morgan fingerprint density at radius 3 is 1.89 bits per heavy atom. The summed E-state index contributed by atoms with van der Waals surface area (Å²) < 4.78 is 55.5. The van der Waals surface area contributed by atoms with E-state index in [-0.39, 0.29) is 17.0 Å². The second-order valence-corrected chi connectivity index (χ2v) is 11.9. The Bertz CT molecular complexity index is 1150. The molecule has 0 aromatic carbocycles. The number of phosphoric ester groups is 1. The van der Waals surface area contributed by atoms with Crippen LogP contribution in [0.2, 0.25) is 0 Å². The highest BCUT2D eigenvalue weighted by Gasteiger charge is 2.45. The lowest BCUT2D eigenvalue weighted by Crippen LogP contribution is -2.86. The number of rotatable bonds is 18. The molecule has 0 bridgehead atoms. The average molecular weight is 694 g/mol.